The van der Waals surface area contributed by atoms with Gasteiger partial charge in [0.05, 0.1) is 5.69 Å². The molecule has 0 N–H and O–H groups in total. The summed E-state index contributed by atoms with van der Waals surface area (Å²) in [6.07, 6.45) is 1.61. The van der Waals surface area contributed by atoms with Gasteiger partial charge in [0.2, 0.25) is 0 Å². The summed E-state index contributed by atoms with van der Waals surface area (Å²) in [5, 5.41) is 12.3. The Balaban J connectivity index is 2.01. The van der Waals surface area contributed by atoms with Crippen molar-refractivity contribution in [1.82, 2.24) is 19.8 Å². The Hall–Kier alpha value is -2.23. The van der Waals surface area contributed by atoms with Crippen molar-refractivity contribution in [3.05, 3.63) is 48.3 Å². The maximum absolute atomic E-state index is 4.49. The van der Waals surface area contributed by atoms with E-state index in [1.165, 1.54) is 5.56 Å². The van der Waals surface area contributed by atoms with E-state index in [1.807, 2.05) is 12.1 Å². The van der Waals surface area contributed by atoms with Crippen LogP contribution in [0.1, 0.15) is 26.3 Å². The molecule has 0 fully saturated rings. The molecule has 0 unspecified atom stereocenters. The largest absolute Gasteiger partial charge is 0.200 e. The molecule has 4 heteroatoms. The molecule has 96 valence electrons. The van der Waals surface area contributed by atoms with E-state index in [0.717, 1.165) is 16.9 Å². The predicted molar refractivity (Wildman–Crippen MR) is 74.9 cm³/mol. The van der Waals surface area contributed by atoms with Crippen LogP contribution in [0.5, 0.6) is 0 Å². The zero-order chi connectivity index (χ0) is 13.5. The molecular weight excluding hydrogens is 236 g/mol. The maximum Gasteiger partial charge on any atom is 0.177 e. The van der Waals surface area contributed by atoms with Crippen molar-refractivity contribution in [1.29, 1.82) is 0 Å². The SMILES string of the molecule is CC(C)(C)c1ccc(-c2ccc3nncn3n2)cc1. The second-order valence-electron chi connectivity index (χ2n) is 5.68. The summed E-state index contributed by atoms with van der Waals surface area (Å²) in [6.45, 7) is 6.64. The van der Waals surface area contributed by atoms with Crippen molar-refractivity contribution in [2.24, 2.45) is 0 Å². The van der Waals surface area contributed by atoms with Crippen LogP contribution in [0.4, 0.5) is 0 Å². The van der Waals surface area contributed by atoms with E-state index in [4.69, 9.17) is 0 Å². The predicted octanol–water partition coefficient (Wildman–Crippen LogP) is 3.09. The van der Waals surface area contributed by atoms with E-state index in [0.29, 0.717) is 0 Å². The molecule has 2 heterocycles. The minimum absolute atomic E-state index is 0.171. The number of rotatable bonds is 1. The van der Waals surface area contributed by atoms with Gasteiger partial charge in [-0.15, -0.1) is 10.2 Å². The highest BCUT2D eigenvalue weighted by Gasteiger charge is 2.13. The standard InChI is InChI=1S/C15H16N4/c1-15(2,3)12-6-4-11(5-7-12)13-8-9-14-17-16-10-19(14)18-13/h4-10H,1-3H3. The fourth-order valence-electron chi connectivity index (χ4n) is 2.02. The monoisotopic (exact) mass is 252 g/mol. The summed E-state index contributed by atoms with van der Waals surface area (Å²) in [5.41, 5.74) is 4.28. The zero-order valence-electron chi connectivity index (χ0n) is 11.3. The lowest BCUT2D eigenvalue weighted by molar-refractivity contribution is 0.590. The van der Waals surface area contributed by atoms with Gasteiger partial charge in [-0.25, -0.2) is 0 Å². The first kappa shape index (κ1) is 11.8. The molecule has 0 amide bonds. The van der Waals surface area contributed by atoms with E-state index in [2.05, 4.69) is 60.3 Å². The van der Waals surface area contributed by atoms with E-state index in [9.17, 15) is 0 Å². The average molecular weight is 252 g/mol. The van der Waals surface area contributed by atoms with E-state index in [-0.39, 0.29) is 5.41 Å². The highest BCUT2D eigenvalue weighted by atomic mass is 15.3. The first-order valence-electron chi connectivity index (χ1n) is 6.32. The van der Waals surface area contributed by atoms with Gasteiger partial charge in [0.15, 0.2) is 5.65 Å². The third-order valence-corrected chi connectivity index (χ3v) is 3.21. The van der Waals surface area contributed by atoms with Crippen molar-refractivity contribution in [3.8, 4) is 11.3 Å². The number of benzene rings is 1. The highest BCUT2D eigenvalue weighted by Crippen LogP contribution is 2.25. The van der Waals surface area contributed by atoms with Gasteiger partial charge in [0, 0.05) is 5.56 Å². The highest BCUT2D eigenvalue weighted by molar-refractivity contribution is 5.60. The van der Waals surface area contributed by atoms with Gasteiger partial charge in [0.25, 0.3) is 0 Å². The summed E-state index contributed by atoms with van der Waals surface area (Å²) in [7, 11) is 0. The maximum atomic E-state index is 4.49. The quantitative estimate of drug-likeness (QED) is 0.668. The van der Waals surface area contributed by atoms with Crippen molar-refractivity contribution in [3.63, 3.8) is 0 Å². The van der Waals surface area contributed by atoms with Crippen LogP contribution in [-0.4, -0.2) is 19.8 Å². The Morgan fingerprint density at radius 2 is 1.68 bits per heavy atom. The normalized spacial score (nSPS) is 11.9. The molecule has 3 rings (SSSR count). The summed E-state index contributed by atoms with van der Waals surface area (Å²) in [5.74, 6) is 0. The minimum atomic E-state index is 0.171. The molecule has 1 aromatic carbocycles. The van der Waals surface area contributed by atoms with Crippen LogP contribution >= 0.6 is 0 Å². The van der Waals surface area contributed by atoms with Gasteiger partial charge in [-0.1, -0.05) is 45.0 Å². The summed E-state index contributed by atoms with van der Waals surface area (Å²) < 4.78 is 1.69. The second-order valence-corrected chi connectivity index (χ2v) is 5.68. The molecule has 2 aromatic heterocycles. The molecule has 19 heavy (non-hydrogen) atoms. The van der Waals surface area contributed by atoms with Crippen molar-refractivity contribution in [2.45, 2.75) is 26.2 Å². The number of nitrogens with zero attached hydrogens (tertiary/aromatic N) is 4. The molecule has 4 nitrogen and oxygen atoms in total. The van der Waals surface area contributed by atoms with E-state index in [1.54, 1.807) is 10.8 Å². The fraction of sp³-hybridized carbons (Fsp3) is 0.267. The van der Waals surface area contributed by atoms with Gasteiger partial charge in [-0.3, -0.25) is 0 Å². The third-order valence-electron chi connectivity index (χ3n) is 3.21. The van der Waals surface area contributed by atoms with Crippen LogP contribution in [0.2, 0.25) is 0 Å². The fourth-order valence-corrected chi connectivity index (χ4v) is 2.02. The van der Waals surface area contributed by atoms with Crippen molar-refractivity contribution in [2.75, 3.05) is 0 Å². The molecule has 0 saturated heterocycles. The topological polar surface area (TPSA) is 43.1 Å². The van der Waals surface area contributed by atoms with Crippen LogP contribution in [0, 0.1) is 0 Å². The van der Waals surface area contributed by atoms with Crippen LogP contribution < -0.4 is 0 Å². The smallest absolute Gasteiger partial charge is 0.177 e. The number of fused-ring (bicyclic) bond motifs is 1. The molecule has 0 aliphatic carbocycles. The Morgan fingerprint density at radius 3 is 2.37 bits per heavy atom. The first-order chi connectivity index (χ1) is 9.04. The first-order valence-corrected chi connectivity index (χ1v) is 6.32. The molecule has 0 saturated carbocycles. The molecule has 0 aliphatic rings. The average Bonchev–Trinajstić information content (AvgIpc) is 2.85. The lowest BCUT2D eigenvalue weighted by atomic mass is 9.86. The van der Waals surface area contributed by atoms with Gasteiger partial charge in [-0.05, 0) is 23.1 Å². The summed E-state index contributed by atoms with van der Waals surface area (Å²) in [6, 6.07) is 12.4. The van der Waals surface area contributed by atoms with Gasteiger partial charge in [0.1, 0.15) is 6.33 Å². The Bertz CT molecular complexity index is 705. The minimum Gasteiger partial charge on any atom is -0.200 e. The second kappa shape index (κ2) is 4.16. The van der Waals surface area contributed by atoms with Gasteiger partial charge < -0.3 is 0 Å². The molecule has 0 radical (unpaired) electrons. The molecule has 0 atom stereocenters. The number of aromatic nitrogens is 4. The molecule has 0 aliphatic heterocycles. The Morgan fingerprint density at radius 1 is 0.947 bits per heavy atom. The number of hydrogen-bond donors (Lipinski definition) is 0. The Labute approximate surface area is 112 Å². The summed E-state index contributed by atoms with van der Waals surface area (Å²) >= 11 is 0. The third kappa shape index (κ3) is 2.21. The summed E-state index contributed by atoms with van der Waals surface area (Å²) in [4.78, 5) is 0. The zero-order valence-corrected chi connectivity index (χ0v) is 11.3. The van der Waals surface area contributed by atoms with Crippen LogP contribution in [0.15, 0.2) is 42.7 Å². The number of hydrogen-bond acceptors (Lipinski definition) is 3. The van der Waals surface area contributed by atoms with Crippen LogP contribution in [-0.2, 0) is 5.41 Å². The molecule has 0 spiro atoms. The van der Waals surface area contributed by atoms with Crippen molar-refractivity contribution < 1.29 is 0 Å². The van der Waals surface area contributed by atoms with Crippen LogP contribution in [0.25, 0.3) is 16.9 Å². The molecular formula is C15H16N4. The molecule has 3 aromatic rings. The Kier molecular flexibility index (Phi) is 2.59. The van der Waals surface area contributed by atoms with Gasteiger partial charge >= 0.3 is 0 Å². The van der Waals surface area contributed by atoms with Crippen molar-refractivity contribution >= 4 is 5.65 Å². The molecule has 0 bridgehead atoms. The van der Waals surface area contributed by atoms with Gasteiger partial charge in [-0.2, -0.15) is 9.61 Å². The lowest BCUT2D eigenvalue weighted by Crippen LogP contribution is -2.10. The van der Waals surface area contributed by atoms with E-state index >= 15 is 0 Å². The van der Waals surface area contributed by atoms with Crippen LogP contribution in [0.3, 0.4) is 0 Å². The lowest BCUT2D eigenvalue weighted by Gasteiger charge is -2.19. The van der Waals surface area contributed by atoms with E-state index < -0.39 is 0 Å².